The van der Waals surface area contributed by atoms with Crippen molar-refractivity contribution in [1.29, 1.82) is 0 Å². The van der Waals surface area contributed by atoms with Gasteiger partial charge in [0.05, 0.1) is 6.54 Å². The fourth-order valence-electron chi connectivity index (χ4n) is 0.786. The van der Waals surface area contributed by atoms with Crippen molar-refractivity contribution in [2.24, 2.45) is 0 Å². The van der Waals surface area contributed by atoms with E-state index in [9.17, 15) is 9.13 Å². The highest BCUT2D eigenvalue weighted by Crippen LogP contribution is 2.55. The Hall–Kier alpha value is 0.260. The Morgan fingerprint density at radius 2 is 1.54 bits per heavy atom. The normalized spacial score (nSPS) is 13.7. The van der Waals surface area contributed by atoms with E-state index in [-0.39, 0.29) is 6.54 Å². The third-order valence-corrected chi connectivity index (χ3v) is 4.96. The molecular formula is C4H14NO6P2+. The molecule has 0 bridgehead atoms. The van der Waals surface area contributed by atoms with Gasteiger partial charge in [-0.2, -0.15) is 0 Å². The van der Waals surface area contributed by atoms with Crippen LogP contribution in [0, 0.1) is 0 Å². The van der Waals surface area contributed by atoms with Crippen LogP contribution in [0.4, 0.5) is 0 Å². The van der Waals surface area contributed by atoms with Crippen LogP contribution in [0.2, 0.25) is 0 Å². The van der Waals surface area contributed by atoms with Crippen LogP contribution < -0.4 is 5.32 Å². The summed E-state index contributed by atoms with van der Waals surface area (Å²) in [4.78, 5) is 34.5. The number of hydrogen-bond donors (Lipinski definition) is 5. The Bertz CT molecular complexity index is 221. The van der Waals surface area contributed by atoms with Crippen LogP contribution in [-0.2, 0) is 9.13 Å². The molecule has 0 aromatic carbocycles. The van der Waals surface area contributed by atoms with Gasteiger partial charge >= 0.3 is 15.2 Å². The quantitative estimate of drug-likeness (QED) is 0.371. The van der Waals surface area contributed by atoms with E-state index in [4.69, 9.17) is 19.6 Å². The molecule has 9 heteroatoms. The van der Waals surface area contributed by atoms with Gasteiger partial charge in [-0.15, -0.1) is 0 Å². The smallest absolute Gasteiger partial charge is 0.324 e. The van der Waals surface area contributed by atoms with Crippen molar-refractivity contribution >= 4 is 15.2 Å². The summed E-state index contributed by atoms with van der Waals surface area (Å²) in [5.74, 6) is 0. The Balaban J connectivity index is 4.59. The van der Waals surface area contributed by atoms with Crippen molar-refractivity contribution in [3.05, 3.63) is 0 Å². The maximum Gasteiger partial charge on any atom is 0.395 e. The van der Waals surface area contributed by atoms with Crippen LogP contribution >= 0.6 is 15.2 Å². The molecular weight excluding hydrogens is 220 g/mol. The molecule has 0 rings (SSSR count). The average molecular weight is 234 g/mol. The fourth-order valence-corrected chi connectivity index (χ4v) is 3.20. The molecule has 0 atom stereocenters. The van der Waals surface area contributed by atoms with Gasteiger partial charge in [-0.05, 0) is 6.42 Å². The van der Waals surface area contributed by atoms with Crippen molar-refractivity contribution in [3.8, 4) is 0 Å². The SMILES string of the molecule is CCC[NH2+]C(P(=O)(O)O)P(=O)(O)O. The third kappa shape index (κ3) is 4.88. The number of quaternary nitrogens is 1. The molecule has 13 heavy (non-hydrogen) atoms. The lowest BCUT2D eigenvalue weighted by Crippen LogP contribution is -2.89. The van der Waals surface area contributed by atoms with Gasteiger partial charge in [-0.3, -0.25) is 9.13 Å². The molecule has 0 spiro atoms. The first kappa shape index (κ1) is 13.3. The predicted octanol–water partition coefficient (Wildman–Crippen LogP) is -1.40. The number of rotatable bonds is 5. The Morgan fingerprint density at radius 3 is 1.77 bits per heavy atom. The highest BCUT2D eigenvalue weighted by Gasteiger charge is 2.46. The molecule has 0 aliphatic rings. The van der Waals surface area contributed by atoms with Gasteiger partial charge in [0.25, 0.3) is 5.52 Å². The number of hydrogen-bond acceptors (Lipinski definition) is 2. The summed E-state index contributed by atoms with van der Waals surface area (Å²) in [6.45, 7) is 2.01. The molecule has 0 aliphatic carbocycles. The third-order valence-electron chi connectivity index (χ3n) is 1.36. The van der Waals surface area contributed by atoms with E-state index in [0.717, 1.165) is 5.32 Å². The molecule has 7 nitrogen and oxygen atoms in total. The molecule has 80 valence electrons. The summed E-state index contributed by atoms with van der Waals surface area (Å²) in [7, 11) is -9.49. The average Bonchev–Trinajstić information content (AvgIpc) is 1.81. The van der Waals surface area contributed by atoms with Gasteiger partial charge in [0.1, 0.15) is 0 Å². The monoisotopic (exact) mass is 234 g/mol. The zero-order chi connectivity index (χ0) is 10.7. The molecule has 0 fully saturated rings. The minimum Gasteiger partial charge on any atom is -0.324 e. The van der Waals surface area contributed by atoms with Crippen LogP contribution in [0.15, 0.2) is 0 Å². The molecule has 0 aromatic heterocycles. The molecule has 0 aromatic rings. The molecule has 0 radical (unpaired) electrons. The van der Waals surface area contributed by atoms with Gasteiger partial charge in [-0.25, -0.2) is 0 Å². The summed E-state index contributed by atoms with van der Waals surface area (Å²) in [5, 5.41) is 0.988. The molecule has 0 saturated heterocycles. The molecule has 6 N–H and O–H groups in total. The first-order valence-electron chi connectivity index (χ1n) is 3.63. The summed E-state index contributed by atoms with van der Waals surface area (Å²) < 4.78 is 21.3. The zero-order valence-electron chi connectivity index (χ0n) is 7.07. The molecule has 0 saturated carbocycles. The van der Waals surface area contributed by atoms with Crippen LogP contribution in [0.1, 0.15) is 13.3 Å². The maximum absolute atomic E-state index is 10.7. The summed E-state index contributed by atoms with van der Waals surface area (Å²) in [6.07, 6.45) is 0.580. The minimum atomic E-state index is -4.75. The van der Waals surface area contributed by atoms with Crippen LogP contribution in [0.5, 0.6) is 0 Å². The fraction of sp³-hybridized carbons (Fsp3) is 1.00. The molecule has 0 amide bonds. The minimum absolute atomic E-state index is 0.265. The first-order chi connectivity index (χ1) is 5.69. The van der Waals surface area contributed by atoms with Gasteiger partial charge < -0.3 is 24.9 Å². The largest absolute Gasteiger partial charge is 0.395 e. The Morgan fingerprint density at radius 1 is 1.15 bits per heavy atom. The molecule has 0 heterocycles. The van der Waals surface area contributed by atoms with E-state index in [1.807, 2.05) is 0 Å². The standard InChI is InChI=1S/C4H13NO6P2/c1-2-3-5-4(12(6,7)8)13(9,10)11/h4-5H,2-3H2,1H3,(H2,6,7,8)(H2,9,10,11)/p+1. The van der Waals surface area contributed by atoms with Gasteiger partial charge in [-0.1, -0.05) is 6.92 Å². The maximum atomic E-state index is 10.7. The summed E-state index contributed by atoms with van der Waals surface area (Å²) in [6, 6.07) is 0. The second-order valence-electron chi connectivity index (χ2n) is 2.62. The second kappa shape index (κ2) is 4.66. The van der Waals surface area contributed by atoms with Crippen molar-refractivity contribution in [1.82, 2.24) is 0 Å². The predicted molar refractivity (Wildman–Crippen MR) is 45.0 cm³/mol. The van der Waals surface area contributed by atoms with Crippen molar-refractivity contribution in [2.45, 2.75) is 18.9 Å². The van der Waals surface area contributed by atoms with Gasteiger partial charge in [0.15, 0.2) is 0 Å². The van der Waals surface area contributed by atoms with E-state index in [0.29, 0.717) is 6.42 Å². The van der Waals surface area contributed by atoms with E-state index in [1.54, 1.807) is 6.92 Å². The van der Waals surface area contributed by atoms with Crippen LogP contribution in [-0.4, -0.2) is 31.6 Å². The van der Waals surface area contributed by atoms with Crippen molar-refractivity contribution in [3.63, 3.8) is 0 Å². The second-order valence-corrected chi connectivity index (χ2v) is 6.49. The van der Waals surface area contributed by atoms with E-state index in [2.05, 4.69) is 0 Å². The highest BCUT2D eigenvalue weighted by molar-refractivity contribution is 7.70. The van der Waals surface area contributed by atoms with Gasteiger partial charge in [0, 0.05) is 0 Å². The van der Waals surface area contributed by atoms with E-state index >= 15 is 0 Å². The van der Waals surface area contributed by atoms with Crippen molar-refractivity contribution in [2.75, 3.05) is 6.54 Å². The Kier molecular flexibility index (Phi) is 4.76. The first-order valence-corrected chi connectivity index (χ1v) is 6.99. The van der Waals surface area contributed by atoms with Crippen molar-refractivity contribution < 1.29 is 34.0 Å². The zero-order valence-corrected chi connectivity index (χ0v) is 8.86. The van der Waals surface area contributed by atoms with E-state index < -0.39 is 20.7 Å². The van der Waals surface area contributed by atoms with Crippen LogP contribution in [0.3, 0.4) is 0 Å². The van der Waals surface area contributed by atoms with Gasteiger partial charge in [0.2, 0.25) is 0 Å². The number of nitrogens with two attached hydrogens (primary N) is 1. The lowest BCUT2D eigenvalue weighted by Gasteiger charge is -2.16. The molecule has 0 unspecified atom stereocenters. The summed E-state index contributed by atoms with van der Waals surface area (Å²) in [5.41, 5.74) is -1.96. The Labute approximate surface area is 75.5 Å². The topological polar surface area (TPSA) is 132 Å². The molecule has 0 aliphatic heterocycles. The summed E-state index contributed by atoms with van der Waals surface area (Å²) >= 11 is 0. The highest BCUT2D eigenvalue weighted by atomic mass is 31.2. The van der Waals surface area contributed by atoms with Crippen LogP contribution in [0.25, 0.3) is 0 Å². The lowest BCUT2D eigenvalue weighted by molar-refractivity contribution is -0.655. The van der Waals surface area contributed by atoms with E-state index in [1.165, 1.54) is 0 Å². The lowest BCUT2D eigenvalue weighted by atomic mass is 10.5.